The molecule has 0 bridgehead atoms. The predicted octanol–water partition coefficient (Wildman–Crippen LogP) is 2.55. The minimum absolute atomic E-state index is 0.0224. The lowest BCUT2D eigenvalue weighted by Gasteiger charge is -2.21. The van der Waals surface area contributed by atoms with Crippen LogP contribution < -0.4 is 10.6 Å². The molecule has 4 nitrogen and oxygen atoms in total. The van der Waals surface area contributed by atoms with Gasteiger partial charge in [0.1, 0.15) is 0 Å². The fourth-order valence-corrected chi connectivity index (χ4v) is 2.29. The van der Waals surface area contributed by atoms with Gasteiger partial charge in [-0.2, -0.15) is 0 Å². The summed E-state index contributed by atoms with van der Waals surface area (Å²) in [7, 11) is 0. The first-order valence-electron chi connectivity index (χ1n) is 7.48. The summed E-state index contributed by atoms with van der Waals surface area (Å²) in [6, 6.07) is 8.22. The Morgan fingerprint density at radius 2 is 2.15 bits per heavy atom. The van der Waals surface area contributed by atoms with Crippen molar-refractivity contribution >= 4 is 11.6 Å². The first kappa shape index (κ1) is 14.9. The third-order valence-corrected chi connectivity index (χ3v) is 3.53. The van der Waals surface area contributed by atoms with Gasteiger partial charge in [0.2, 0.25) is 5.91 Å². The molecule has 1 amide bonds. The number of ether oxygens (including phenoxy) is 1. The van der Waals surface area contributed by atoms with Crippen LogP contribution in [0.2, 0.25) is 0 Å². The Labute approximate surface area is 120 Å². The molecule has 4 heteroatoms. The number of amides is 1. The van der Waals surface area contributed by atoms with Gasteiger partial charge in [-0.15, -0.1) is 0 Å². The maximum Gasteiger partial charge on any atom is 0.225 e. The van der Waals surface area contributed by atoms with Gasteiger partial charge in [0, 0.05) is 25.4 Å². The molecular weight excluding hydrogens is 252 g/mol. The molecule has 1 aliphatic heterocycles. The molecular formula is C16H24N2O2. The molecule has 1 fully saturated rings. The molecule has 2 N–H and O–H groups in total. The molecule has 0 aliphatic carbocycles. The maximum atomic E-state index is 12.0. The number of anilines is 1. The van der Waals surface area contributed by atoms with Gasteiger partial charge in [-0.25, -0.2) is 0 Å². The van der Waals surface area contributed by atoms with E-state index in [1.165, 1.54) is 0 Å². The van der Waals surface area contributed by atoms with E-state index in [0.717, 1.165) is 43.7 Å². The number of hydrogen-bond donors (Lipinski definition) is 2. The Morgan fingerprint density at radius 1 is 1.35 bits per heavy atom. The molecule has 2 rings (SSSR count). The van der Waals surface area contributed by atoms with Crippen molar-refractivity contribution in [2.24, 2.45) is 5.92 Å². The molecule has 1 aromatic rings. The van der Waals surface area contributed by atoms with Crippen molar-refractivity contribution in [3.63, 3.8) is 0 Å². The summed E-state index contributed by atoms with van der Waals surface area (Å²) < 4.78 is 5.34. The van der Waals surface area contributed by atoms with Gasteiger partial charge in [0.15, 0.2) is 0 Å². The second kappa shape index (κ2) is 7.90. The number of rotatable bonds is 6. The molecule has 1 saturated heterocycles. The zero-order valence-corrected chi connectivity index (χ0v) is 12.2. The van der Waals surface area contributed by atoms with Crippen LogP contribution in [0.25, 0.3) is 0 Å². The lowest BCUT2D eigenvalue weighted by atomic mass is 10.0. The summed E-state index contributed by atoms with van der Waals surface area (Å²) in [6.45, 7) is 5.06. The molecule has 110 valence electrons. The predicted molar refractivity (Wildman–Crippen MR) is 80.6 cm³/mol. The number of carbonyl (C=O) groups is 1. The standard InChI is InChI=1S/C16H24N2O2/c1-2-9-17-15-7-5-13(6-8-15)11-18-16(19)14-4-3-10-20-12-14/h5-8,14,17H,2-4,9-12H2,1H3,(H,18,19). The summed E-state index contributed by atoms with van der Waals surface area (Å²) >= 11 is 0. The number of benzene rings is 1. The fraction of sp³-hybridized carbons (Fsp3) is 0.562. The van der Waals surface area contributed by atoms with Gasteiger partial charge in [0.25, 0.3) is 0 Å². The number of hydrogen-bond acceptors (Lipinski definition) is 3. The van der Waals surface area contributed by atoms with Crippen LogP contribution in [0.3, 0.4) is 0 Å². The molecule has 0 spiro atoms. The van der Waals surface area contributed by atoms with Crippen LogP contribution in [0.4, 0.5) is 5.69 Å². The first-order chi connectivity index (χ1) is 9.79. The van der Waals surface area contributed by atoms with Crippen LogP contribution in [-0.2, 0) is 16.1 Å². The lowest BCUT2D eigenvalue weighted by molar-refractivity contribution is -0.129. The molecule has 1 aliphatic rings. The van der Waals surface area contributed by atoms with Gasteiger partial charge < -0.3 is 15.4 Å². The van der Waals surface area contributed by atoms with E-state index < -0.39 is 0 Å². The Kier molecular flexibility index (Phi) is 5.87. The van der Waals surface area contributed by atoms with Crippen LogP contribution in [-0.4, -0.2) is 25.7 Å². The van der Waals surface area contributed by atoms with E-state index in [0.29, 0.717) is 13.2 Å². The molecule has 1 aromatic carbocycles. The Morgan fingerprint density at radius 3 is 2.80 bits per heavy atom. The average Bonchev–Trinajstić information content (AvgIpc) is 2.52. The Balaban J connectivity index is 1.76. The van der Waals surface area contributed by atoms with E-state index in [4.69, 9.17) is 4.74 Å². The second-order valence-corrected chi connectivity index (χ2v) is 5.26. The Bertz CT molecular complexity index is 411. The van der Waals surface area contributed by atoms with Crippen LogP contribution in [0.1, 0.15) is 31.7 Å². The van der Waals surface area contributed by atoms with E-state index in [2.05, 4.69) is 41.8 Å². The van der Waals surface area contributed by atoms with Crippen molar-refractivity contribution in [2.45, 2.75) is 32.7 Å². The highest BCUT2D eigenvalue weighted by molar-refractivity contribution is 5.78. The van der Waals surface area contributed by atoms with E-state index in [9.17, 15) is 4.79 Å². The zero-order chi connectivity index (χ0) is 14.2. The monoisotopic (exact) mass is 276 g/mol. The molecule has 20 heavy (non-hydrogen) atoms. The maximum absolute atomic E-state index is 12.0. The van der Waals surface area contributed by atoms with Crippen LogP contribution in [0.5, 0.6) is 0 Å². The number of nitrogens with one attached hydrogen (secondary N) is 2. The minimum Gasteiger partial charge on any atom is -0.385 e. The van der Waals surface area contributed by atoms with Crippen molar-refractivity contribution in [3.05, 3.63) is 29.8 Å². The van der Waals surface area contributed by atoms with Crippen molar-refractivity contribution in [1.29, 1.82) is 0 Å². The molecule has 1 atom stereocenters. The van der Waals surface area contributed by atoms with Crippen LogP contribution in [0, 0.1) is 5.92 Å². The largest absolute Gasteiger partial charge is 0.385 e. The molecule has 1 unspecified atom stereocenters. The zero-order valence-electron chi connectivity index (χ0n) is 12.2. The van der Waals surface area contributed by atoms with Gasteiger partial charge in [-0.3, -0.25) is 4.79 Å². The fourth-order valence-electron chi connectivity index (χ4n) is 2.29. The molecule has 0 aromatic heterocycles. The van der Waals surface area contributed by atoms with Gasteiger partial charge in [-0.05, 0) is 37.0 Å². The third-order valence-electron chi connectivity index (χ3n) is 3.53. The van der Waals surface area contributed by atoms with Crippen molar-refractivity contribution in [2.75, 3.05) is 25.1 Å². The highest BCUT2D eigenvalue weighted by Gasteiger charge is 2.21. The quantitative estimate of drug-likeness (QED) is 0.839. The highest BCUT2D eigenvalue weighted by Crippen LogP contribution is 2.14. The van der Waals surface area contributed by atoms with Crippen LogP contribution >= 0.6 is 0 Å². The smallest absolute Gasteiger partial charge is 0.225 e. The summed E-state index contributed by atoms with van der Waals surface area (Å²) in [5, 5.41) is 6.33. The van der Waals surface area contributed by atoms with E-state index in [1.54, 1.807) is 0 Å². The number of carbonyl (C=O) groups excluding carboxylic acids is 1. The highest BCUT2D eigenvalue weighted by atomic mass is 16.5. The molecule has 0 saturated carbocycles. The van der Waals surface area contributed by atoms with Crippen molar-refractivity contribution in [1.82, 2.24) is 5.32 Å². The van der Waals surface area contributed by atoms with Gasteiger partial charge >= 0.3 is 0 Å². The summed E-state index contributed by atoms with van der Waals surface area (Å²) in [5.41, 5.74) is 2.25. The van der Waals surface area contributed by atoms with Crippen LogP contribution in [0.15, 0.2) is 24.3 Å². The normalized spacial score (nSPS) is 18.6. The van der Waals surface area contributed by atoms with E-state index >= 15 is 0 Å². The van der Waals surface area contributed by atoms with Gasteiger partial charge in [-0.1, -0.05) is 19.1 Å². The van der Waals surface area contributed by atoms with Crippen molar-refractivity contribution < 1.29 is 9.53 Å². The topological polar surface area (TPSA) is 50.4 Å². The SMILES string of the molecule is CCCNc1ccc(CNC(=O)C2CCCOC2)cc1. The van der Waals surface area contributed by atoms with Crippen molar-refractivity contribution in [3.8, 4) is 0 Å². The van der Waals surface area contributed by atoms with E-state index in [-0.39, 0.29) is 11.8 Å². The summed E-state index contributed by atoms with van der Waals surface area (Å²) in [6.07, 6.45) is 3.03. The second-order valence-electron chi connectivity index (χ2n) is 5.26. The summed E-state index contributed by atoms with van der Waals surface area (Å²) in [4.78, 5) is 12.0. The van der Waals surface area contributed by atoms with E-state index in [1.807, 2.05) is 0 Å². The third kappa shape index (κ3) is 4.53. The average molecular weight is 276 g/mol. The minimum atomic E-state index is 0.0224. The van der Waals surface area contributed by atoms with Gasteiger partial charge in [0.05, 0.1) is 12.5 Å². The first-order valence-corrected chi connectivity index (χ1v) is 7.48. The lowest BCUT2D eigenvalue weighted by Crippen LogP contribution is -2.35. The molecule has 1 heterocycles. The summed E-state index contributed by atoms with van der Waals surface area (Å²) in [5.74, 6) is 0.132. The Hall–Kier alpha value is -1.55. The molecule has 0 radical (unpaired) electrons.